The molecule has 120 valence electrons. The van der Waals surface area contributed by atoms with Crippen LogP contribution in [0.1, 0.15) is 49.8 Å². The van der Waals surface area contributed by atoms with Gasteiger partial charge in [-0.25, -0.2) is 0 Å². The molecule has 21 heavy (non-hydrogen) atoms. The zero-order valence-electron chi connectivity index (χ0n) is 11.9. The molecule has 0 unspecified atom stereocenters. The molecule has 0 fully saturated rings. The van der Waals surface area contributed by atoms with E-state index < -0.39 is 23.5 Å². The van der Waals surface area contributed by atoms with Crippen LogP contribution in [-0.4, -0.2) is 0 Å². The minimum atomic E-state index is -4.77. The van der Waals surface area contributed by atoms with Crippen LogP contribution in [-0.2, 0) is 18.8 Å². The number of aryl methyl sites for hydroxylation is 1. The molecule has 0 aromatic heterocycles. The van der Waals surface area contributed by atoms with Crippen molar-refractivity contribution in [1.82, 2.24) is 0 Å². The zero-order chi connectivity index (χ0) is 16.3. The van der Waals surface area contributed by atoms with Gasteiger partial charge in [0.15, 0.2) is 0 Å². The number of hydrogen-bond acceptors (Lipinski definition) is 0. The van der Waals surface area contributed by atoms with E-state index in [1.54, 1.807) is 0 Å². The minimum Gasteiger partial charge on any atom is -0.166 e. The van der Waals surface area contributed by atoms with E-state index >= 15 is 0 Å². The quantitative estimate of drug-likeness (QED) is 0.577. The number of benzene rings is 1. The summed E-state index contributed by atoms with van der Waals surface area (Å²) in [6, 6.07) is 1.80. The van der Waals surface area contributed by atoms with Crippen molar-refractivity contribution >= 4 is 0 Å². The first-order valence-electron chi connectivity index (χ1n) is 6.86. The largest absolute Gasteiger partial charge is 0.416 e. The first-order chi connectivity index (χ1) is 9.57. The van der Waals surface area contributed by atoms with Crippen LogP contribution in [0.2, 0.25) is 0 Å². The molecule has 1 rings (SSSR count). The third-order valence-electron chi connectivity index (χ3n) is 3.64. The maximum absolute atomic E-state index is 12.7. The predicted molar refractivity (Wildman–Crippen MR) is 68.8 cm³/mol. The molecule has 0 aliphatic rings. The Balaban J connectivity index is 3.08. The molecule has 0 heterocycles. The van der Waals surface area contributed by atoms with Crippen molar-refractivity contribution < 1.29 is 26.3 Å². The van der Waals surface area contributed by atoms with Crippen molar-refractivity contribution in [3.63, 3.8) is 0 Å². The maximum atomic E-state index is 12.7. The molecule has 0 saturated heterocycles. The molecule has 0 aliphatic carbocycles. The lowest BCUT2D eigenvalue weighted by Gasteiger charge is -2.16. The van der Waals surface area contributed by atoms with Gasteiger partial charge in [-0.15, -0.1) is 0 Å². The highest BCUT2D eigenvalue weighted by molar-refractivity contribution is 5.33. The van der Waals surface area contributed by atoms with Gasteiger partial charge in [-0.2, -0.15) is 26.3 Å². The lowest BCUT2D eigenvalue weighted by molar-refractivity contribution is -0.143. The molecule has 6 heteroatoms. The highest BCUT2D eigenvalue weighted by Crippen LogP contribution is 2.36. The molecule has 0 spiro atoms. The lowest BCUT2D eigenvalue weighted by Crippen LogP contribution is -2.12. The van der Waals surface area contributed by atoms with Crippen LogP contribution in [0.5, 0.6) is 0 Å². The van der Waals surface area contributed by atoms with Crippen LogP contribution >= 0.6 is 0 Å². The fraction of sp³-hybridized carbons (Fsp3) is 0.600. The topological polar surface area (TPSA) is 0 Å². The SMILES string of the molecule is CCC(CC)CCc1cc(C(F)(F)F)cc(C(F)(F)F)c1. The average Bonchev–Trinajstić information content (AvgIpc) is 2.37. The Hall–Kier alpha value is -1.20. The number of halogens is 6. The van der Waals surface area contributed by atoms with E-state index in [0.29, 0.717) is 12.3 Å². The summed E-state index contributed by atoms with van der Waals surface area (Å²) in [6.45, 7) is 3.92. The summed E-state index contributed by atoms with van der Waals surface area (Å²) in [6.07, 6.45) is -7.01. The number of alkyl halides is 6. The van der Waals surface area contributed by atoms with Crippen LogP contribution < -0.4 is 0 Å². The van der Waals surface area contributed by atoms with Crippen molar-refractivity contribution in [2.45, 2.75) is 51.9 Å². The summed E-state index contributed by atoms with van der Waals surface area (Å²) in [4.78, 5) is 0. The van der Waals surface area contributed by atoms with Crippen LogP contribution in [0.3, 0.4) is 0 Å². The van der Waals surface area contributed by atoms with Gasteiger partial charge < -0.3 is 0 Å². The van der Waals surface area contributed by atoms with Crippen molar-refractivity contribution in [1.29, 1.82) is 0 Å². The molecule has 0 atom stereocenters. The summed E-state index contributed by atoms with van der Waals surface area (Å²) in [5.41, 5.74) is -2.39. The third-order valence-corrected chi connectivity index (χ3v) is 3.64. The van der Waals surface area contributed by atoms with Crippen LogP contribution in [0.25, 0.3) is 0 Å². The molecule has 1 aromatic rings. The highest BCUT2D eigenvalue weighted by Gasteiger charge is 2.36. The second-order valence-corrected chi connectivity index (χ2v) is 5.14. The van der Waals surface area contributed by atoms with E-state index in [1.165, 1.54) is 0 Å². The molecule has 0 radical (unpaired) electrons. The summed E-state index contributed by atoms with van der Waals surface area (Å²) in [5.74, 6) is 0.314. The number of rotatable bonds is 5. The second kappa shape index (κ2) is 6.71. The van der Waals surface area contributed by atoms with Gasteiger partial charge in [0.25, 0.3) is 0 Å². The van der Waals surface area contributed by atoms with Gasteiger partial charge in [-0.1, -0.05) is 26.7 Å². The molecule has 0 N–H and O–H groups in total. The summed E-state index contributed by atoms with van der Waals surface area (Å²) >= 11 is 0. The monoisotopic (exact) mass is 312 g/mol. The van der Waals surface area contributed by atoms with E-state index in [9.17, 15) is 26.3 Å². The van der Waals surface area contributed by atoms with Gasteiger partial charge in [0.1, 0.15) is 0 Å². The molecule has 0 amide bonds. The predicted octanol–water partition coefficient (Wildman–Crippen LogP) is 6.09. The van der Waals surface area contributed by atoms with E-state index in [2.05, 4.69) is 0 Å². The van der Waals surface area contributed by atoms with E-state index in [4.69, 9.17) is 0 Å². The zero-order valence-corrected chi connectivity index (χ0v) is 11.9. The molecule has 0 saturated carbocycles. The fourth-order valence-electron chi connectivity index (χ4n) is 2.23. The van der Waals surface area contributed by atoms with Gasteiger partial charge in [-0.3, -0.25) is 0 Å². The Kier molecular flexibility index (Phi) is 5.70. The number of hydrogen-bond donors (Lipinski definition) is 0. The Morgan fingerprint density at radius 2 is 1.24 bits per heavy atom. The average molecular weight is 312 g/mol. The van der Waals surface area contributed by atoms with Gasteiger partial charge in [-0.05, 0) is 42.5 Å². The van der Waals surface area contributed by atoms with E-state index in [-0.39, 0.29) is 18.1 Å². The lowest BCUT2D eigenvalue weighted by atomic mass is 9.93. The normalized spacial score (nSPS) is 13.0. The van der Waals surface area contributed by atoms with E-state index in [1.807, 2.05) is 13.8 Å². The minimum absolute atomic E-state index is 0.0871. The summed E-state index contributed by atoms with van der Waals surface area (Å²) in [7, 11) is 0. The Bertz CT molecular complexity index is 422. The van der Waals surface area contributed by atoms with Crippen molar-refractivity contribution in [2.24, 2.45) is 5.92 Å². The van der Waals surface area contributed by atoms with Crippen molar-refractivity contribution in [2.75, 3.05) is 0 Å². The Morgan fingerprint density at radius 3 is 1.57 bits per heavy atom. The van der Waals surface area contributed by atoms with Crippen molar-refractivity contribution in [3.05, 3.63) is 34.9 Å². The first kappa shape index (κ1) is 17.9. The third kappa shape index (κ3) is 5.25. The second-order valence-electron chi connectivity index (χ2n) is 5.14. The molecule has 1 aromatic carbocycles. The fourth-order valence-corrected chi connectivity index (χ4v) is 2.23. The van der Waals surface area contributed by atoms with Gasteiger partial charge in [0.05, 0.1) is 11.1 Å². The smallest absolute Gasteiger partial charge is 0.166 e. The molecular weight excluding hydrogens is 294 g/mol. The van der Waals surface area contributed by atoms with Gasteiger partial charge >= 0.3 is 12.4 Å². The highest BCUT2D eigenvalue weighted by atomic mass is 19.4. The van der Waals surface area contributed by atoms with Crippen LogP contribution in [0.4, 0.5) is 26.3 Å². The molecule has 0 aliphatic heterocycles. The Morgan fingerprint density at radius 1 is 0.810 bits per heavy atom. The van der Waals surface area contributed by atoms with Crippen LogP contribution in [0.15, 0.2) is 18.2 Å². The Labute approximate surface area is 120 Å². The standard InChI is InChI=1S/C15H18F6/c1-3-10(4-2)5-6-11-7-12(14(16,17)18)9-13(8-11)15(19,20)21/h7-10H,3-6H2,1-2H3. The van der Waals surface area contributed by atoms with Gasteiger partial charge in [0, 0.05) is 0 Å². The molecular formula is C15H18F6. The van der Waals surface area contributed by atoms with Crippen molar-refractivity contribution in [3.8, 4) is 0 Å². The molecule has 0 nitrogen and oxygen atoms in total. The van der Waals surface area contributed by atoms with Crippen LogP contribution in [0, 0.1) is 5.92 Å². The molecule has 0 bridgehead atoms. The first-order valence-corrected chi connectivity index (χ1v) is 6.86. The summed E-state index contributed by atoms with van der Waals surface area (Å²) < 4.78 is 76.2. The maximum Gasteiger partial charge on any atom is 0.416 e. The summed E-state index contributed by atoms with van der Waals surface area (Å²) in [5, 5.41) is 0. The van der Waals surface area contributed by atoms with Gasteiger partial charge in [0.2, 0.25) is 0 Å². The van der Waals surface area contributed by atoms with E-state index in [0.717, 1.165) is 25.0 Å².